The van der Waals surface area contributed by atoms with Crippen LogP contribution >= 0.6 is 11.8 Å². The summed E-state index contributed by atoms with van der Waals surface area (Å²) in [6.07, 6.45) is 0. The predicted octanol–water partition coefficient (Wildman–Crippen LogP) is 2.62. The lowest BCUT2D eigenvalue weighted by molar-refractivity contribution is 0.0940. The van der Waals surface area contributed by atoms with Gasteiger partial charge in [-0.05, 0) is 29.8 Å². The van der Waals surface area contributed by atoms with Crippen LogP contribution in [0.3, 0.4) is 0 Å². The molecule has 3 rings (SSSR count). The van der Waals surface area contributed by atoms with Crippen molar-refractivity contribution in [3.8, 4) is 0 Å². The van der Waals surface area contributed by atoms with Crippen LogP contribution in [0.1, 0.15) is 32.3 Å². The molecule has 2 aromatic carbocycles. The number of amides is 2. The number of nitrogens with one attached hydrogen (secondary N) is 2. The highest BCUT2D eigenvalue weighted by Crippen LogP contribution is 2.37. The summed E-state index contributed by atoms with van der Waals surface area (Å²) in [5.74, 6) is 0.477. The summed E-state index contributed by atoms with van der Waals surface area (Å²) in [5, 5.41) is 5.60. The third-order valence-electron chi connectivity index (χ3n) is 3.62. The maximum Gasteiger partial charge on any atom is 0.251 e. The highest BCUT2D eigenvalue weighted by Gasteiger charge is 2.24. The Morgan fingerprint density at radius 1 is 1.05 bits per heavy atom. The van der Waals surface area contributed by atoms with Crippen molar-refractivity contribution in [1.82, 2.24) is 10.6 Å². The Kier molecular flexibility index (Phi) is 4.15. The third kappa shape index (κ3) is 2.85. The minimum absolute atomic E-state index is 0.0114. The fraction of sp³-hybridized carbons (Fsp3) is 0.176. The van der Waals surface area contributed by atoms with E-state index in [0.29, 0.717) is 11.1 Å². The van der Waals surface area contributed by atoms with Gasteiger partial charge in [0.05, 0.1) is 6.04 Å². The molecule has 0 saturated heterocycles. The molecule has 1 atom stereocenters. The van der Waals surface area contributed by atoms with Crippen LogP contribution in [0.15, 0.2) is 53.4 Å². The average Bonchev–Trinajstić information content (AvgIpc) is 2.97. The minimum atomic E-state index is -0.198. The Bertz CT molecular complexity index is 730. The molecule has 1 unspecified atom stereocenters. The van der Waals surface area contributed by atoms with Gasteiger partial charge in [-0.1, -0.05) is 24.3 Å². The fourth-order valence-corrected chi connectivity index (χ4v) is 3.63. The number of benzene rings is 2. The van der Waals surface area contributed by atoms with Gasteiger partial charge in [0, 0.05) is 28.8 Å². The van der Waals surface area contributed by atoms with E-state index in [2.05, 4.69) is 16.7 Å². The van der Waals surface area contributed by atoms with E-state index < -0.39 is 0 Å². The van der Waals surface area contributed by atoms with Crippen molar-refractivity contribution < 1.29 is 9.59 Å². The van der Waals surface area contributed by atoms with Crippen molar-refractivity contribution in [1.29, 1.82) is 0 Å². The van der Waals surface area contributed by atoms with Gasteiger partial charge in [0.15, 0.2) is 0 Å². The Morgan fingerprint density at radius 3 is 2.55 bits per heavy atom. The Morgan fingerprint density at radius 2 is 1.77 bits per heavy atom. The highest BCUT2D eigenvalue weighted by atomic mass is 32.2. The molecule has 0 radical (unpaired) electrons. The zero-order chi connectivity index (χ0) is 15.5. The Labute approximate surface area is 133 Å². The van der Waals surface area contributed by atoms with Gasteiger partial charge in [-0.2, -0.15) is 0 Å². The van der Waals surface area contributed by atoms with Crippen LogP contribution in [0, 0.1) is 0 Å². The standard InChI is InChI=1S/C17H16N2O2S/c1-18-16(20)11-5-4-6-12(9-11)17(21)19-14-10-22-15-8-3-2-7-13(14)15/h2-9,14H,10H2,1H3,(H,18,20)(H,19,21). The molecule has 1 aliphatic heterocycles. The van der Waals surface area contributed by atoms with Crippen molar-refractivity contribution in [3.05, 3.63) is 65.2 Å². The summed E-state index contributed by atoms with van der Waals surface area (Å²) >= 11 is 1.75. The van der Waals surface area contributed by atoms with Gasteiger partial charge in [-0.3, -0.25) is 9.59 Å². The number of carbonyl (C=O) groups is 2. The van der Waals surface area contributed by atoms with E-state index in [1.54, 1.807) is 43.1 Å². The molecule has 2 N–H and O–H groups in total. The number of thioether (sulfide) groups is 1. The third-order valence-corrected chi connectivity index (χ3v) is 4.80. The summed E-state index contributed by atoms with van der Waals surface area (Å²) in [6.45, 7) is 0. The lowest BCUT2D eigenvalue weighted by Gasteiger charge is -2.13. The summed E-state index contributed by atoms with van der Waals surface area (Å²) in [5.41, 5.74) is 2.13. The van der Waals surface area contributed by atoms with Gasteiger partial charge in [-0.15, -0.1) is 11.8 Å². The maximum absolute atomic E-state index is 12.4. The quantitative estimate of drug-likeness (QED) is 0.916. The van der Waals surface area contributed by atoms with Crippen LogP contribution in [0.4, 0.5) is 0 Å². The highest BCUT2D eigenvalue weighted by molar-refractivity contribution is 7.99. The molecule has 112 valence electrons. The normalized spacial score (nSPS) is 16.0. The molecule has 22 heavy (non-hydrogen) atoms. The minimum Gasteiger partial charge on any atom is -0.355 e. The van der Waals surface area contributed by atoms with Crippen molar-refractivity contribution >= 4 is 23.6 Å². The maximum atomic E-state index is 12.4. The van der Waals surface area contributed by atoms with Crippen molar-refractivity contribution in [2.45, 2.75) is 10.9 Å². The van der Waals surface area contributed by atoms with Crippen molar-refractivity contribution in [3.63, 3.8) is 0 Å². The Hall–Kier alpha value is -2.27. The van der Waals surface area contributed by atoms with E-state index in [-0.39, 0.29) is 17.9 Å². The van der Waals surface area contributed by atoms with Crippen LogP contribution in [-0.2, 0) is 0 Å². The molecular weight excluding hydrogens is 296 g/mol. The predicted molar refractivity (Wildman–Crippen MR) is 87.2 cm³/mol. The van der Waals surface area contributed by atoms with E-state index >= 15 is 0 Å². The molecule has 1 aliphatic rings. The van der Waals surface area contributed by atoms with E-state index in [4.69, 9.17) is 0 Å². The number of rotatable bonds is 3. The second-order valence-corrected chi connectivity index (χ2v) is 6.10. The lowest BCUT2D eigenvalue weighted by Crippen LogP contribution is -2.29. The smallest absolute Gasteiger partial charge is 0.251 e. The molecule has 1 heterocycles. The number of hydrogen-bond acceptors (Lipinski definition) is 3. The van der Waals surface area contributed by atoms with E-state index in [1.165, 1.54) is 4.90 Å². The molecule has 0 fully saturated rings. The largest absolute Gasteiger partial charge is 0.355 e. The zero-order valence-electron chi connectivity index (χ0n) is 12.1. The average molecular weight is 312 g/mol. The summed E-state index contributed by atoms with van der Waals surface area (Å²) in [7, 11) is 1.57. The first-order chi connectivity index (χ1) is 10.7. The van der Waals surface area contributed by atoms with E-state index in [0.717, 1.165) is 11.3 Å². The van der Waals surface area contributed by atoms with Crippen molar-refractivity contribution in [2.24, 2.45) is 0 Å². The summed E-state index contributed by atoms with van der Waals surface area (Å²) in [4.78, 5) is 25.3. The molecular formula is C17H16N2O2S. The SMILES string of the molecule is CNC(=O)c1cccc(C(=O)NC2CSc3ccccc32)c1. The van der Waals surface area contributed by atoms with Gasteiger partial charge in [0.25, 0.3) is 11.8 Å². The molecule has 4 nitrogen and oxygen atoms in total. The van der Waals surface area contributed by atoms with Crippen LogP contribution in [-0.4, -0.2) is 24.6 Å². The molecule has 0 aliphatic carbocycles. The number of carbonyl (C=O) groups excluding carboxylic acids is 2. The van der Waals surface area contributed by atoms with Crippen LogP contribution < -0.4 is 10.6 Å². The topological polar surface area (TPSA) is 58.2 Å². The number of hydrogen-bond donors (Lipinski definition) is 2. The molecule has 0 saturated carbocycles. The second kappa shape index (κ2) is 6.23. The van der Waals surface area contributed by atoms with Gasteiger partial charge in [0.1, 0.15) is 0 Å². The molecule has 0 aromatic heterocycles. The first-order valence-corrected chi connectivity index (χ1v) is 8.02. The first kappa shape index (κ1) is 14.7. The van der Waals surface area contributed by atoms with E-state index in [1.807, 2.05) is 18.2 Å². The van der Waals surface area contributed by atoms with Gasteiger partial charge >= 0.3 is 0 Å². The summed E-state index contributed by atoms with van der Waals surface area (Å²) < 4.78 is 0. The molecule has 2 aromatic rings. The van der Waals surface area contributed by atoms with Crippen LogP contribution in [0.2, 0.25) is 0 Å². The Balaban J connectivity index is 1.77. The van der Waals surface area contributed by atoms with Gasteiger partial charge < -0.3 is 10.6 Å². The fourth-order valence-electron chi connectivity index (χ4n) is 2.47. The molecule has 5 heteroatoms. The van der Waals surface area contributed by atoms with Gasteiger partial charge in [-0.25, -0.2) is 0 Å². The van der Waals surface area contributed by atoms with Crippen LogP contribution in [0.5, 0.6) is 0 Å². The van der Waals surface area contributed by atoms with Crippen LogP contribution in [0.25, 0.3) is 0 Å². The zero-order valence-corrected chi connectivity index (χ0v) is 12.9. The van der Waals surface area contributed by atoms with Crippen molar-refractivity contribution in [2.75, 3.05) is 12.8 Å². The number of fused-ring (bicyclic) bond motifs is 1. The molecule has 0 spiro atoms. The summed E-state index contributed by atoms with van der Waals surface area (Å²) in [6, 6.07) is 14.8. The van der Waals surface area contributed by atoms with Gasteiger partial charge in [0.2, 0.25) is 0 Å². The first-order valence-electron chi connectivity index (χ1n) is 7.04. The second-order valence-electron chi connectivity index (χ2n) is 5.03. The monoisotopic (exact) mass is 312 g/mol. The van der Waals surface area contributed by atoms with E-state index in [9.17, 15) is 9.59 Å². The molecule has 2 amide bonds. The molecule has 0 bridgehead atoms. The lowest BCUT2D eigenvalue weighted by atomic mass is 10.1.